The zero-order valence-electron chi connectivity index (χ0n) is 8.69. The topological polar surface area (TPSA) is 88.2 Å². The van der Waals surface area contributed by atoms with Crippen molar-refractivity contribution in [1.82, 2.24) is 4.98 Å². The molecule has 4 N–H and O–H groups in total. The van der Waals surface area contributed by atoms with Crippen LogP contribution < -0.4 is 11.1 Å². The van der Waals surface area contributed by atoms with Crippen LogP contribution in [0.2, 0.25) is 0 Å². The Bertz CT molecular complexity index is 566. The number of rotatable bonds is 1. The van der Waals surface area contributed by atoms with E-state index >= 15 is 0 Å². The lowest BCUT2D eigenvalue weighted by molar-refractivity contribution is -0.114. The van der Waals surface area contributed by atoms with Gasteiger partial charge in [0.05, 0.1) is 11.4 Å². The number of hydrogen-bond acceptors (Lipinski definition) is 4. The number of nitrogens with one attached hydrogen (secondary N) is 1. The number of benzene rings is 1. The number of aromatic hydroxyl groups is 1. The van der Waals surface area contributed by atoms with E-state index in [2.05, 4.69) is 10.3 Å². The van der Waals surface area contributed by atoms with Gasteiger partial charge < -0.3 is 16.2 Å². The van der Waals surface area contributed by atoms with Gasteiger partial charge >= 0.3 is 0 Å². The van der Waals surface area contributed by atoms with Gasteiger partial charge in [-0.15, -0.1) is 0 Å². The van der Waals surface area contributed by atoms with Crippen LogP contribution >= 0.6 is 0 Å². The molecule has 5 nitrogen and oxygen atoms in total. The van der Waals surface area contributed by atoms with Crippen molar-refractivity contribution in [3.8, 4) is 5.75 Å². The van der Waals surface area contributed by atoms with E-state index in [0.29, 0.717) is 16.5 Å². The van der Waals surface area contributed by atoms with Crippen LogP contribution in [0.3, 0.4) is 0 Å². The van der Waals surface area contributed by atoms with E-state index in [1.807, 2.05) is 0 Å². The predicted molar refractivity (Wildman–Crippen MR) is 62.1 cm³/mol. The number of aromatic nitrogens is 1. The summed E-state index contributed by atoms with van der Waals surface area (Å²) in [6, 6.07) is 3.23. The molecule has 2 rings (SSSR count). The Balaban J connectivity index is 2.74. The summed E-state index contributed by atoms with van der Waals surface area (Å²) in [6.07, 6.45) is 3.09. The minimum absolute atomic E-state index is 0.0165. The zero-order chi connectivity index (χ0) is 11.7. The van der Waals surface area contributed by atoms with E-state index < -0.39 is 0 Å². The summed E-state index contributed by atoms with van der Waals surface area (Å²) in [5.41, 5.74) is 6.42. The molecule has 0 saturated heterocycles. The number of carbonyl (C=O) groups is 1. The number of phenols is 1. The molecule has 0 aliphatic carbocycles. The second kappa shape index (κ2) is 3.69. The molecule has 2 aromatic rings. The van der Waals surface area contributed by atoms with Gasteiger partial charge in [-0.05, 0) is 12.1 Å². The number of pyridine rings is 1. The minimum Gasteiger partial charge on any atom is -0.505 e. The van der Waals surface area contributed by atoms with E-state index in [1.165, 1.54) is 19.2 Å². The number of nitrogens with two attached hydrogens (primary N) is 1. The lowest BCUT2D eigenvalue weighted by Gasteiger charge is -2.10. The number of hydrogen-bond donors (Lipinski definition) is 3. The first-order valence-corrected chi connectivity index (χ1v) is 4.72. The van der Waals surface area contributed by atoms with E-state index in [0.717, 1.165) is 0 Å². The number of fused-ring (bicyclic) bond motifs is 1. The summed E-state index contributed by atoms with van der Waals surface area (Å²) in [4.78, 5) is 14.9. The minimum atomic E-state index is -0.191. The molecule has 0 atom stereocenters. The molecule has 0 aliphatic heterocycles. The molecular weight excluding hydrogens is 206 g/mol. The molecule has 5 heteroatoms. The van der Waals surface area contributed by atoms with Gasteiger partial charge in [-0.25, -0.2) is 0 Å². The Kier molecular flexibility index (Phi) is 2.36. The number of carbonyl (C=O) groups excluding carboxylic acids is 1. The summed E-state index contributed by atoms with van der Waals surface area (Å²) >= 11 is 0. The third-order valence-corrected chi connectivity index (χ3v) is 2.25. The van der Waals surface area contributed by atoms with Crippen molar-refractivity contribution in [3.05, 3.63) is 24.5 Å². The average molecular weight is 217 g/mol. The second-order valence-corrected chi connectivity index (χ2v) is 3.46. The fraction of sp³-hybridized carbons (Fsp3) is 0.0909. The van der Waals surface area contributed by atoms with Gasteiger partial charge in [0.15, 0.2) is 0 Å². The first-order chi connectivity index (χ1) is 7.59. The maximum absolute atomic E-state index is 11.0. The summed E-state index contributed by atoms with van der Waals surface area (Å²) in [5, 5.41) is 13.6. The molecule has 1 heterocycles. The van der Waals surface area contributed by atoms with Crippen LogP contribution in [0.25, 0.3) is 10.8 Å². The Morgan fingerprint density at radius 1 is 1.50 bits per heavy atom. The first kappa shape index (κ1) is 10.2. The highest BCUT2D eigenvalue weighted by molar-refractivity contribution is 6.05. The Hall–Kier alpha value is -2.30. The SMILES string of the molecule is CC(=O)Nc1cc(N)c(O)c2cnccc12. The van der Waals surface area contributed by atoms with Crippen LogP contribution in [0.15, 0.2) is 24.5 Å². The van der Waals surface area contributed by atoms with Crippen molar-refractivity contribution < 1.29 is 9.90 Å². The van der Waals surface area contributed by atoms with E-state index in [4.69, 9.17) is 5.73 Å². The maximum atomic E-state index is 11.0. The number of nitrogen functional groups attached to an aromatic ring is 1. The highest BCUT2D eigenvalue weighted by atomic mass is 16.3. The van der Waals surface area contributed by atoms with Crippen LogP contribution in [0.5, 0.6) is 5.75 Å². The molecule has 0 fully saturated rings. The van der Waals surface area contributed by atoms with Crippen LogP contribution in [0, 0.1) is 0 Å². The standard InChI is InChI=1S/C11H11N3O2/c1-6(15)14-10-4-9(12)11(16)8-5-13-3-2-7(8)10/h2-5,16H,12H2,1H3,(H,14,15). The smallest absolute Gasteiger partial charge is 0.221 e. The van der Waals surface area contributed by atoms with E-state index in [1.54, 1.807) is 12.3 Å². The van der Waals surface area contributed by atoms with Gasteiger partial charge in [0.2, 0.25) is 5.91 Å². The van der Waals surface area contributed by atoms with Gasteiger partial charge in [-0.3, -0.25) is 9.78 Å². The Morgan fingerprint density at radius 3 is 2.94 bits per heavy atom. The fourth-order valence-corrected chi connectivity index (χ4v) is 1.57. The Labute approximate surface area is 91.9 Å². The van der Waals surface area contributed by atoms with Crippen LogP contribution in [0.4, 0.5) is 11.4 Å². The van der Waals surface area contributed by atoms with Crippen LogP contribution in [-0.4, -0.2) is 16.0 Å². The first-order valence-electron chi connectivity index (χ1n) is 4.72. The lowest BCUT2D eigenvalue weighted by atomic mass is 10.1. The van der Waals surface area contributed by atoms with Gasteiger partial charge in [0, 0.05) is 30.1 Å². The molecule has 1 aromatic carbocycles. The predicted octanol–water partition coefficient (Wildman–Crippen LogP) is 1.48. The van der Waals surface area contributed by atoms with Gasteiger partial charge in [0.1, 0.15) is 5.75 Å². The van der Waals surface area contributed by atoms with Crippen molar-refractivity contribution in [3.63, 3.8) is 0 Å². The van der Waals surface area contributed by atoms with E-state index in [-0.39, 0.29) is 17.3 Å². The van der Waals surface area contributed by atoms with Crippen molar-refractivity contribution in [2.45, 2.75) is 6.92 Å². The molecule has 16 heavy (non-hydrogen) atoms. The molecule has 0 bridgehead atoms. The number of nitrogens with zero attached hydrogens (tertiary/aromatic N) is 1. The van der Waals surface area contributed by atoms with Crippen LogP contribution in [0.1, 0.15) is 6.92 Å². The molecule has 0 spiro atoms. The number of anilines is 2. The molecule has 1 amide bonds. The quantitative estimate of drug-likeness (QED) is 0.383. The third kappa shape index (κ3) is 1.63. The molecule has 0 radical (unpaired) electrons. The molecular formula is C11H11N3O2. The zero-order valence-corrected chi connectivity index (χ0v) is 8.69. The molecule has 0 aliphatic rings. The molecule has 1 aromatic heterocycles. The van der Waals surface area contributed by atoms with Crippen molar-refractivity contribution in [2.75, 3.05) is 11.1 Å². The monoisotopic (exact) mass is 217 g/mol. The van der Waals surface area contributed by atoms with E-state index in [9.17, 15) is 9.90 Å². The summed E-state index contributed by atoms with van der Waals surface area (Å²) in [5.74, 6) is -0.208. The summed E-state index contributed by atoms with van der Waals surface area (Å²) < 4.78 is 0. The average Bonchev–Trinajstić information content (AvgIpc) is 2.25. The maximum Gasteiger partial charge on any atom is 0.221 e. The highest BCUT2D eigenvalue weighted by Crippen LogP contribution is 2.35. The van der Waals surface area contributed by atoms with Gasteiger partial charge in [-0.2, -0.15) is 0 Å². The molecule has 0 saturated carbocycles. The normalized spacial score (nSPS) is 10.3. The fourth-order valence-electron chi connectivity index (χ4n) is 1.57. The number of phenolic OH excluding ortho intramolecular Hbond substituents is 1. The van der Waals surface area contributed by atoms with Gasteiger partial charge in [0.25, 0.3) is 0 Å². The van der Waals surface area contributed by atoms with Crippen molar-refractivity contribution >= 4 is 28.1 Å². The highest BCUT2D eigenvalue weighted by Gasteiger charge is 2.09. The molecule has 82 valence electrons. The third-order valence-electron chi connectivity index (χ3n) is 2.25. The largest absolute Gasteiger partial charge is 0.505 e. The lowest BCUT2D eigenvalue weighted by Crippen LogP contribution is -2.06. The Morgan fingerprint density at radius 2 is 2.25 bits per heavy atom. The van der Waals surface area contributed by atoms with Crippen LogP contribution in [-0.2, 0) is 4.79 Å². The summed E-state index contributed by atoms with van der Waals surface area (Å²) in [6.45, 7) is 1.41. The number of amides is 1. The molecule has 0 unspecified atom stereocenters. The van der Waals surface area contributed by atoms with Crippen molar-refractivity contribution in [2.24, 2.45) is 0 Å². The van der Waals surface area contributed by atoms with Gasteiger partial charge in [-0.1, -0.05) is 0 Å². The van der Waals surface area contributed by atoms with Crippen molar-refractivity contribution in [1.29, 1.82) is 0 Å². The second-order valence-electron chi connectivity index (χ2n) is 3.46. The summed E-state index contributed by atoms with van der Waals surface area (Å²) in [7, 11) is 0.